The van der Waals surface area contributed by atoms with Gasteiger partial charge in [-0.05, 0) is 25.1 Å². The number of fused-ring (bicyclic) bond motifs is 1. The molecule has 0 atom stereocenters. The van der Waals surface area contributed by atoms with E-state index in [1.807, 2.05) is 0 Å². The second-order valence-electron chi connectivity index (χ2n) is 3.17. The van der Waals surface area contributed by atoms with Crippen LogP contribution in [-0.2, 0) is 0 Å². The van der Waals surface area contributed by atoms with Crippen molar-refractivity contribution >= 4 is 16.8 Å². The molecule has 0 aliphatic rings. The minimum absolute atomic E-state index is 0.0227. The summed E-state index contributed by atoms with van der Waals surface area (Å²) in [6, 6.07) is 5.23. The van der Waals surface area contributed by atoms with Crippen LogP contribution in [0.1, 0.15) is 17.3 Å². The molecule has 76 valence electrons. The van der Waals surface area contributed by atoms with Crippen molar-refractivity contribution in [2.75, 3.05) is 7.11 Å². The van der Waals surface area contributed by atoms with E-state index >= 15 is 0 Å². The van der Waals surface area contributed by atoms with Crippen molar-refractivity contribution in [3.8, 4) is 5.88 Å². The monoisotopic (exact) mass is 202 g/mol. The molecule has 0 fully saturated rings. The first-order valence-electron chi connectivity index (χ1n) is 4.52. The summed E-state index contributed by atoms with van der Waals surface area (Å²) in [7, 11) is 1.54. The number of aromatic nitrogens is 2. The van der Waals surface area contributed by atoms with Crippen LogP contribution in [0.15, 0.2) is 24.4 Å². The lowest BCUT2D eigenvalue weighted by Crippen LogP contribution is -1.94. The number of carbonyl (C=O) groups excluding carboxylic acids is 1. The van der Waals surface area contributed by atoms with Gasteiger partial charge in [0.1, 0.15) is 0 Å². The smallest absolute Gasteiger partial charge is 0.232 e. The molecule has 1 aromatic heterocycles. The van der Waals surface area contributed by atoms with Crippen LogP contribution in [0.5, 0.6) is 5.88 Å². The van der Waals surface area contributed by atoms with Crippen LogP contribution in [0.2, 0.25) is 0 Å². The summed E-state index contributed by atoms with van der Waals surface area (Å²) >= 11 is 0. The normalized spacial score (nSPS) is 10.3. The minimum atomic E-state index is 0.0227. The molecule has 15 heavy (non-hydrogen) atoms. The van der Waals surface area contributed by atoms with Gasteiger partial charge in [0.2, 0.25) is 5.88 Å². The van der Waals surface area contributed by atoms with Crippen LogP contribution in [0.4, 0.5) is 0 Å². The number of Topliss-reactive ketones (excluding diaryl/α,β-unsaturated/α-hetero) is 1. The Morgan fingerprint density at radius 1 is 1.33 bits per heavy atom. The molecule has 0 spiro atoms. The van der Waals surface area contributed by atoms with Gasteiger partial charge in [-0.3, -0.25) is 4.79 Å². The highest BCUT2D eigenvalue weighted by atomic mass is 16.5. The van der Waals surface area contributed by atoms with E-state index in [1.165, 1.54) is 13.1 Å². The standard InChI is InChI=1S/C11H10N2O2/c1-7(14)8-3-4-9-10(5-8)12-6-11(13-9)15-2/h3-6H,1-2H3. The second kappa shape index (κ2) is 3.65. The number of benzene rings is 1. The molecule has 0 saturated heterocycles. The van der Waals surface area contributed by atoms with E-state index in [-0.39, 0.29) is 5.78 Å². The van der Waals surface area contributed by atoms with E-state index in [9.17, 15) is 4.79 Å². The predicted octanol–water partition coefficient (Wildman–Crippen LogP) is 1.84. The Morgan fingerprint density at radius 3 is 2.80 bits per heavy atom. The molecule has 0 saturated carbocycles. The molecule has 4 heteroatoms. The van der Waals surface area contributed by atoms with Gasteiger partial charge in [-0.1, -0.05) is 0 Å². The van der Waals surface area contributed by atoms with E-state index in [0.29, 0.717) is 17.0 Å². The summed E-state index contributed by atoms with van der Waals surface area (Å²) < 4.78 is 4.96. The molecule has 0 aliphatic heterocycles. The Kier molecular flexibility index (Phi) is 2.33. The van der Waals surface area contributed by atoms with Gasteiger partial charge in [-0.15, -0.1) is 0 Å². The van der Waals surface area contributed by atoms with E-state index < -0.39 is 0 Å². The molecule has 0 bridgehead atoms. The maximum Gasteiger partial charge on any atom is 0.232 e. The average molecular weight is 202 g/mol. The number of carbonyl (C=O) groups is 1. The molecule has 1 heterocycles. The fraction of sp³-hybridized carbons (Fsp3) is 0.182. The van der Waals surface area contributed by atoms with Gasteiger partial charge in [0.15, 0.2) is 5.78 Å². The van der Waals surface area contributed by atoms with Gasteiger partial charge in [0.05, 0.1) is 24.3 Å². The highest BCUT2D eigenvalue weighted by molar-refractivity contribution is 5.97. The Hall–Kier alpha value is -1.97. The van der Waals surface area contributed by atoms with Crippen molar-refractivity contribution in [2.24, 2.45) is 0 Å². The van der Waals surface area contributed by atoms with Gasteiger partial charge >= 0.3 is 0 Å². The van der Waals surface area contributed by atoms with Gasteiger partial charge in [0, 0.05) is 5.56 Å². The number of ether oxygens (including phenoxy) is 1. The van der Waals surface area contributed by atoms with Crippen LogP contribution in [-0.4, -0.2) is 22.9 Å². The first kappa shape index (κ1) is 9.58. The van der Waals surface area contributed by atoms with Gasteiger partial charge in [-0.25, -0.2) is 9.97 Å². The highest BCUT2D eigenvalue weighted by Crippen LogP contribution is 2.15. The van der Waals surface area contributed by atoms with Crippen molar-refractivity contribution in [1.29, 1.82) is 0 Å². The molecule has 1 aromatic carbocycles. The van der Waals surface area contributed by atoms with E-state index in [2.05, 4.69) is 9.97 Å². The van der Waals surface area contributed by atoms with Gasteiger partial charge in [0.25, 0.3) is 0 Å². The van der Waals surface area contributed by atoms with E-state index in [0.717, 1.165) is 5.52 Å². The number of rotatable bonds is 2. The molecule has 0 radical (unpaired) electrons. The van der Waals surface area contributed by atoms with Crippen LogP contribution in [0.25, 0.3) is 11.0 Å². The van der Waals surface area contributed by atoms with E-state index in [1.54, 1.807) is 25.3 Å². The molecule has 4 nitrogen and oxygen atoms in total. The third-order valence-corrected chi connectivity index (χ3v) is 2.14. The zero-order valence-electron chi connectivity index (χ0n) is 8.52. The van der Waals surface area contributed by atoms with Crippen LogP contribution in [0, 0.1) is 0 Å². The average Bonchev–Trinajstić information content (AvgIpc) is 2.27. The van der Waals surface area contributed by atoms with Crippen molar-refractivity contribution in [3.05, 3.63) is 30.0 Å². The number of ketones is 1. The van der Waals surface area contributed by atoms with Crippen LogP contribution in [0.3, 0.4) is 0 Å². The Balaban J connectivity index is 2.59. The fourth-order valence-electron chi connectivity index (χ4n) is 1.31. The lowest BCUT2D eigenvalue weighted by Gasteiger charge is -2.01. The Bertz CT molecular complexity index is 523. The van der Waals surface area contributed by atoms with Crippen LogP contribution >= 0.6 is 0 Å². The molecular formula is C11H10N2O2. The maximum atomic E-state index is 11.1. The van der Waals surface area contributed by atoms with Gasteiger partial charge in [-0.2, -0.15) is 0 Å². The molecule has 0 amide bonds. The van der Waals surface area contributed by atoms with Gasteiger partial charge < -0.3 is 4.74 Å². The quantitative estimate of drug-likeness (QED) is 0.697. The summed E-state index contributed by atoms with van der Waals surface area (Å²) in [5, 5.41) is 0. The summed E-state index contributed by atoms with van der Waals surface area (Å²) in [6.07, 6.45) is 1.53. The lowest BCUT2D eigenvalue weighted by atomic mass is 10.1. The van der Waals surface area contributed by atoms with Crippen molar-refractivity contribution in [1.82, 2.24) is 9.97 Å². The first-order valence-corrected chi connectivity index (χ1v) is 4.52. The Morgan fingerprint density at radius 2 is 2.13 bits per heavy atom. The number of methoxy groups -OCH3 is 1. The molecule has 2 rings (SSSR count). The molecule has 0 aliphatic carbocycles. The summed E-state index contributed by atoms with van der Waals surface area (Å²) in [6.45, 7) is 1.53. The van der Waals surface area contributed by atoms with Crippen molar-refractivity contribution < 1.29 is 9.53 Å². The van der Waals surface area contributed by atoms with Crippen molar-refractivity contribution in [3.63, 3.8) is 0 Å². The lowest BCUT2D eigenvalue weighted by molar-refractivity contribution is 0.101. The summed E-state index contributed by atoms with van der Waals surface area (Å²) in [4.78, 5) is 19.5. The highest BCUT2D eigenvalue weighted by Gasteiger charge is 2.03. The van der Waals surface area contributed by atoms with Crippen LogP contribution < -0.4 is 4.74 Å². The first-order chi connectivity index (χ1) is 7.20. The maximum absolute atomic E-state index is 11.1. The predicted molar refractivity (Wildman–Crippen MR) is 56.1 cm³/mol. The fourth-order valence-corrected chi connectivity index (χ4v) is 1.31. The largest absolute Gasteiger partial charge is 0.480 e. The number of nitrogens with zero attached hydrogens (tertiary/aromatic N) is 2. The Labute approximate surface area is 86.9 Å². The summed E-state index contributed by atoms with van der Waals surface area (Å²) in [5.74, 6) is 0.493. The molecule has 0 N–H and O–H groups in total. The summed E-state index contributed by atoms with van der Waals surface area (Å²) in [5.41, 5.74) is 2.06. The van der Waals surface area contributed by atoms with Crippen molar-refractivity contribution in [2.45, 2.75) is 6.92 Å². The van der Waals surface area contributed by atoms with E-state index in [4.69, 9.17) is 4.74 Å². The SMILES string of the molecule is COc1cnc2cc(C(C)=O)ccc2n1. The number of hydrogen-bond donors (Lipinski definition) is 0. The third kappa shape index (κ3) is 1.79. The second-order valence-corrected chi connectivity index (χ2v) is 3.17. The zero-order chi connectivity index (χ0) is 10.8. The zero-order valence-corrected chi connectivity index (χ0v) is 8.52. The minimum Gasteiger partial charge on any atom is -0.480 e. The topological polar surface area (TPSA) is 52.1 Å². The third-order valence-electron chi connectivity index (χ3n) is 2.14. The molecular weight excluding hydrogens is 192 g/mol. The molecule has 2 aromatic rings. The number of hydrogen-bond acceptors (Lipinski definition) is 4. The molecule has 0 unspecified atom stereocenters.